The number of aliphatic hydroxyl groups excluding tert-OH is 2. The summed E-state index contributed by atoms with van der Waals surface area (Å²) in [6.45, 7) is 10.6. The zero-order chi connectivity index (χ0) is 14.2. The third-order valence-corrected chi connectivity index (χ3v) is 3.61. The molecule has 0 heterocycles. The second-order valence-corrected chi connectivity index (χ2v) is 5.37. The maximum atomic E-state index is 10.0. The van der Waals surface area contributed by atoms with Gasteiger partial charge in [0.2, 0.25) is 0 Å². The number of hydrogen-bond donors (Lipinski definition) is 2. The lowest BCUT2D eigenvalue weighted by Gasteiger charge is -2.32. The average molecular weight is 262 g/mol. The SMILES string of the molecule is CCOC(C)(CC)CC(O)COC(C)(CC)CO. The molecule has 4 nitrogen and oxygen atoms in total. The first-order valence-corrected chi connectivity index (χ1v) is 6.91. The standard InChI is InChI=1S/C14H30O4/c1-6-13(4,17-8-3)9-12(16)10-18-14(5,7-2)11-15/h12,15-16H,6-11H2,1-5H3. The molecule has 0 amide bonds. The topological polar surface area (TPSA) is 58.9 Å². The van der Waals surface area contributed by atoms with Gasteiger partial charge in [-0.15, -0.1) is 0 Å². The Morgan fingerprint density at radius 2 is 1.56 bits per heavy atom. The predicted molar refractivity (Wildman–Crippen MR) is 72.7 cm³/mol. The van der Waals surface area contributed by atoms with Crippen molar-refractivity contribution < 1.29 is 19.7 Å². The van der Waals surface area contributed by atoms with Gasteiger partial charge in [-0.3, -0.25) is 0 Å². The maximum Gasteiger partial charge on any atom is 0.0882 e. The van der Waals surface area contributed by atoms with Crippen molar-refractivity contribution in [3.8, 4) is 0 Å². The van der Waals surface area contributed by atoms with Crippen LogP contribution < -0.4 is 0 Å². The van der Waals surface area contributed by atoms with E-state index >= 15 is 0 Å². The van der Waals surface area contributed by atoms with Crippen LogP contribution in [-0.2, 0) is 9.47 Å². The average Bonchev–Trinajstić information content (AvgIpc) is 2.36. The molecule has 110 valence electrons. The van der Waals surface area contributed by atoms with Crippen LogP contribution in [-0.4, -0.2) is 47.3 Å². The maximum absolute atomic E-state index is 10.0. The van der Waals surface area contributed by atoms with E-state index in [4.69, 9.17) is 9.47 Å². The third-order valence-electron chi connectivity index (χ3n) is 3.61. The summed E-state index contributed by atoms with van der Waals surface area (Å²) in [7, 11) is 0. The van der Waals surface area contributed by atoms with Crippen LogP contribution in [0.15, 0.2) is 0 Å². The second-order valence-electron chi connectivity index (χ2n) is 5.37. The minimum atomic E-state index is -0.570. The molecular formula is C14H30O4. The molecule has 0 aliphatic rings. The van der Waals surface area contributed by atoms with Crippen LogP contribution in [0.2, 0.25) is 0 Å². The van der Waals surface area contributed by atoms with Gasteiger partial charge in [0, 0.05) is 13.0 Å². The van der Waals surface area contributed by atoms with Crippen molar-refractivity contribution in [2.24, 2.45) is 0 Å². The molecule has 0 fully saturated rings. The van der Waals surface area contributed by atoms with Crippen molar-refractivity contribution in [2.45, 2.75) is 71.2 Å². The van der Waals surface area contributed by atoms with E-state index in [1.165, 1.54) is 0 Å². The third kappa shape index (κ3) is 6.14. The van der Waals surface area contributed by atoms with Gasteiger partial charge in [0.1, 0.15) is 0 Å². The van der Waals surface area contributed by atoms with Crippen molar-refractivity contribution in [3.05, 3.63) is 0 Å². The fraction of sp³-hybridized carbons (Fsp3) is 1.00. The normalized spacial score (nSPS) is 20.2. The number of ether oxygens (including phenoxy) is 2. The zero-order valence-electron chi connectivity index (χ0n) is 12.5. The first-order valence-electron chi connectivity index (χ1n) is 6.91. The Kier molecular flexibility index (Phi) is 8.03. The van der Waals surface area contributed by atoms with Crippen LogP contribution in [0.3, 0.4) is 0 Å². The zero-order valence-corrected chi connectivity index (χ0v) is 12.5. The number of rotatable bonds is 10. The Labute approximate surface area is 111 Å². The van der Waals surface area contributed by atoms with E-state index in [1.54, 1.807) is 0 Å². The Bertz CT molecular complexity index is 216. The van der Waals surface area contributed by atoms with Crippen molar-refractivity contribution >= 4 is 0 Å². The highest BCUT2D eigenvalue weighted by Crippen LogP contribution is 2.23. The summed E-state index contributed by atoms with van der Waals surface area (Å²) in [4.78, 5) is 0. The Hall–Kier alpha value is -0.160. The molecule has 18 heavy (non-hydrogen) atoms. The van der Waals surface area contributed by atoms with Crippen LogP contribution in [0.4, 0.5) is 0 Å². The monoisotopic (exact) mass is 262 g/mol. The van der Waals surface area contributed by atoms with E-state index in [0.717, 1.165) is 6.42 Å². The predicted octanol–water partition coefficient (Wildman–Crippen LogP) is 2.12. The molecule has 4 heteroatoms. The van der Waals surface area contributed by atoms with E-state index in [-0.39, 0.29) is 18.8 Å². The molecule has 3 unspecified atom stereocenters. The Balaban J connectivity index is 4.21. The van der Waals surface area contributed by atoms with Crippen molar-refractivity contribution in [3.63, 3.8) is 0 Å². The summed E-state index contributed by atoms with van der Waals surface area (Å²) in [6.07, 6.45) is 1.54. The van der Waals surface area contributed by atoms with Crippen LogP contribution in [0.5, 0.6) is 0 Å². The van der Waals surface area contributed by atoms with Gasteiger partial charge in [0.25, 0.3) is 0 Å². The fourth-order valence-corrected chi connectivity index (χ4v) is 1.77. The van der Waals surface area contributed by atoms with Crippen molar-refractivity contribution in [1.82, 2.24) is 0 Å². The second kappa shape index (κ2) is 8.10. The molecule has 0 aromatic rings. The molecule has 0 rings (SSSR count). The molecule has 0 radical (unpaired) electrons. The Morgan fingerprint density at radius 3 is 1.94 bits per heavy atom. The fourth-order valence-electron chi connectivity index (χ4n) is 1.77. The smallest absolute Gasteiger partial charge is 0.0882 e. The van der Waals surface area contributed by atoms with E-state index < -0.39 is 11.7 Å². The number of aliphatic hydroxyl groups is 2. The summed E-state index contributed by atoms with van der Waals surface area (Å²) in [6, 6.07) is 0. The minimum absolute atomic E-state index is 0.0350. The molecular weight excluding hydrogens is 232 g/mol. The van der Waals surface area contributed by atoms with Crippen molar-refractivity contribution in [2.75, 3.05) is 19.8 Å². The van der Waals surface area contributed by atoms with Crippen molar-refractivity contribution in [1.29, 1.82) is 0 Å². The molecule has 0 aromatic heterocycles. The van der Waals surface area contributed by atoms with Gasteiger partial charge in [-0.05, 0) is 33.6 Å². The highest BCUT2D eigenvalue weighted by molar-refractivity contribution is 4.79. The first kappa shape index (κ1) is 17.8. The van der Waals surface area contributed by atoms with Crippen LogP contribution in [0.25, 0.3) is 0 Å². The van der Waals surface area contributed by atoms with Gasteiger partial charge < -0.3 is 19.7 Å². The summed E-state index contributed by atoms with van der Waals surface area (Å²) in [5.41, 5.74) is -0.867. The lowest BCUT2D eigenvalue weighted by molar-refractivity contribution is -0.118. The highest BCUT2D eigenvalue weighted by Gasteiger charge is 2.28. The molecule has 0 aliphatic heterocycles. The lowest BCUT2D eigenvalue weighted by atomic mass is 9.95. The number of hydrogen-bond acceptors (Lipinski definition) is 4. The van der Waals surface area contributed by atoms with Crippen LogP contribution in [0, 0.1) is 0 Å². The van der Waals surface area contributed by atoms with Gasteiger partial charge >= 0.3 is 0 Å². The Morgan fingerprint density at radius 1 is 1.00 bits per heavy atom. The molecule has 2 N–H and O–H groups in total. The largest absolute Gasteiger partial charge is 0.393 e. The molecule has 0 saturated carbocycles. The minimum Gasteiger partial charge on any atom is -0.393 e. The summed E-state index contributed by atoms with van der Waals surface area (Å²) in [5, 5.41) is 19.2. The lowest BCUT2D eigenvalue weighted by Crippen LogP contribution is -2.39. The molecule has 0 spiro atoms. The van der Waals surface area contributed by atoms with Gasteiger partial charge in [-0.2, -0.15) is 0 Å². The summed E-state index contributed by atoms with van der Waals surface area (Å²) < 4.78 is 11.3. The van der Waals surface area contributed by atoms with E-state index in [9.17, 15) is 10.2 Å². The molecule has 0 aliphatic carbocycles. The molecule has 0 aromatic carbocycles. The summed E-state index contributed by atoms with van der Waals surface area (Å²) in [5.74, 6) is 0. The van der Waals surface area contributed by atoms with Gasteiger partial charge in [0.15, 0.2) is 0 Å². The molecule has 3 atom stereocenters. The van der Waals surface area contributed by atoms with Gasteiger partial charge in [-0.25, -0.2) is 0 Å². The van der Waals surface area contributed by atoms with E-state index in [2.05, 4.69) is 0 Å². The highest BCUT2D eigenvalue weighted by atomic mass is 16.5. The van der Waals surface area contributed by atoms with E-state index in [0.29, 0.717) is 19.4 Å². The first-order chi connectivity index (χ1) is 8.34. The summed E-state index contributed by atoms with van der Waals surface area (Å²) >= 11 is 0. The van der Waals surface area contributed by atoms with Crippen LogP contribution >= 0.6 is 0 Å². The quantitative estimate of drug-likeness (QED) is 0.633. The van der Waals surface area contributed by atoms with E-state index in [1.807, 2.05) is 34.6 Å². The van der Waals surface area contributed by atoms with Gasteiger partial charge in [0.05, 0.1) is 30.5 Å². The molecule has 0 bridgehead atoms. The molecule has 0 saturated heterocycles. The van der Waals surface area contributed by atoms with Gasteiger partial charge in [-0.1, -0.05) is 13.8 Å². The van der Waals surface area contributed by atoms with Crippen LogP contribution in [0.1, 0.15) is 53.9 Å².